The van der Waals surface area contributed by atoms with Crippen molar-refractivity contribution in [1.29, 1.82) is 0 Å². The molecule has 0 aromatic heterocycles. The van der Waals surface area contributed by atoms with E-state index in [0.29, 0.717) is 19.0 Å². The zero-order valence-corrected chi connectivity index (χ0v) is 19.7. The van der Waals surface area contributed by atoms with E-state index in [4.69, 9.17) is 16.3 Å². The molecular formula is C22H31ClN2O5S. The number of ether oxygens (including phenoxy) is 1. The van der Waals surface area contributed by atoms with Crippen molar-refractivity contribution in [2.45, 2.75) is 75.8 Å². The summed E-state index contributed by atoms with van der Waals surface area (Å²) in [6.07, 6.45) is 5.82. The number of halogens is 1. The Balaban J connectivity index is 1.68. The van der Waals surface area contributed by atoms with Crippen LogP contribution in [0, 0.1) is 5.92 Å². The maximum atomic E-state index is 13.0. The lowest BCUT2D eigenvalue weighted by Gasteiger charge is -2.30. The van der Waals surface area contributed by atoms with E-state index in [9.17, 15) is 18.0 Å². The molecule has 172 valence electrons. The van der Waals surface area contributed by atoms with Crippen molar-refractivity contribution in [1.82, 2.24) is 9.62 Å². The summed E-state index contributed by atoms with van der Waals surface area (Å²) in [4.78, 5) is 25.0. The topological polar surface area (TPSA) is 92.8 Å². The lowest BCUT2D eigenvalue weighted by molar-refractivity contribution is -0.130. The number of sulfonamides is 1. The Morgan fingerprint density at radius 3 is 2.48 bits per heavy atom. The minimum atomic E-state index is -3.80. The van der Waals surface area contributed by atoms with Crippen LogP contribution in [0.2, 0.25) is 5.02 Å². The molecule has 0 radical (unpaired) electrons. The number of benzene rings is 1. The maximum Gasteiger partial charge on any atom is 0.338 e. The van der Waals surface area contributed by atoms with Crippen molar-refractivity contribution in [3.8, 4) is 0 Å². The summed E-state index contributed by atoms with van der Waals surface area (Å²) in [5.74, 6) is -0.715. The molecular weight excluding hydrogens is 440 g/mol. The molecule has 1 heterocycles. The first-order valence-electron chi connectivity index (χ1n) is 11.0. The number of piperidine rings is 1. The van der Waals surface area contributed by atoms with E-state index in [1.165, 1.54) is 29.4 Å². The largest absolute Gasteiger partial charge is 0.449 e. The van der Waals surface area contributed by atoms with Crippen molar-refractivity contribution < 1.29 is 22.7 Å². The summed E-state index contributed by atoms with van der Waals surface area (Å²) in [6.45, 7) is 4.50. The zero-order valence-electron chi connectivity index (χ0n) is 18.1. The van der Waals surface area contributed by atoms with Crippen molar-refractivity contribution in [3.05, 3.63) is 28.8 Å². The van der Waals surface area contributed by atoms with E-state index < -0.39 is 22.1 Å². The first-order chi connectivity index (χ1) is 14.7. The fourth-order valence-electron chi connectivity index (χ4n) is 4.19. The van der Waals surface area contributed by atoms with Gasteiger partial charge in [-0.05, 0) is 56.7 Å². The highest BCUT2D eigenvalue weighted by Crippen LogP contribution is 2.28. The normalized spacial score (nSPS) is 23.7. The summed E-state index contributed by atoms with van der Waals surface area (Å²) in [5, 5.41) is 3.03. The van der Waals surface area contributed by atoms with Gasteiger partial charge in [0, 0.05) is 19.1 Å². The summed E-state index contributed by atoms with van der Waals surface area (Å²) in [6, 6.07) is 4.11. The molecule has 2 aliphatic rings. The monoisotopic (exact) mass is 470 g/mol. The lowest BCUT2D eigenvalue weighted by atomic mass is 9.86. The molecule has 1 saturated heterocycles. The highest BCUT2D eigenvalue weighted by molar-refractivity contribution is 7.89. The van der Waals surface area contributed by atoms with Gasteiger partial charge < -0.3 is 10.1 Å². The quantitative estimate of drug-likeness (QED) is 0.639. The second-order valence-electron chi connectivity index (χ2n) is 8.53. The molecule has 1 aliphatic carbocycles. The second-order valence-corrected chi connectivity index (χ2v) is 10.8. The minimum absolute atomic E-state index is 0.0469. The van der Waals surface area contributed by atoms with Gasteiger partial charge in [0.15, 0.2) is 6.10 Å². The van der Waals surface area contributed by atoms with Gasteiger partial charge in [-0.25, -0.2) is 13.2 Å². The number of hydrogen-bond donors (Lipinski definition) is 1. The molecule has 0 bridgehead atoms. The molecule has 1 amide bonds. The van der Waals surface area contributed by atoms with Crippen LogP contribution in [0.5, 0.6) is 0 Å². The standard InChI is InChI=1S/C22H31ClN2O5S/c1-15-8-4-5-9-19(15)24-21(26)16(2)30-22(27)17-10-11-18(23)20(14-17)31(28,29)25-12-6-3-7-13-25/h10-11,14-16,19H,3-9,12-13H2,1-2H3,(H,24,26). The number of rotatable bonds is 6. The van der Waals surface area contributed by atoms with Crippen LogP contribution in [0.25, 0.3) is 0 Å². The van der Waals surface area contributed by atoms with Crippen LogP contribution in [0.1, 0.15) is 69.2 Å². The fourth-order valence-corrected chi connectivity index (χ4v) is 6.20. The van der Waals surface area contributed by atoms with Crippen LogP contribution in [-0.2, 0) is 19.6 Å². The number of carbonyl (C=O) groups excluding carboxylic acids is 2. The van der Waals surface area contributed by atoms with Crippen LogP contribution < -0.4 is 5.32 Å². The summed E-state index contributed by atoms with van der Waals surface area (Å²) < 4.78 is 32.7. The molecule has 3 atom stereocenters. The molecule has 1 aromatic rings. The molecule has 9 heteroatoms. The van der Waals surface area contributed by atoms with E-state index >= 15 is 0 Å². The van der Waals surface area contributed by atoms with Gasteiger partial charge in [-0.2, -0.15) is 4.31 Å². The number of nitrogens with one attached hydrogen (secondary N) is 1. The van der Waals surface area contributed by atoms with E-state index in [2.05, 4.69) is 12.2 Å². The second kappa shape index (κ2) is 10.3. The fraction of sp³-hybridized carbons (Fsp3) is 0.636. The Morgan fingerprint density at radius 1 is 1.13 bits per heavy atom. The zero-order chi connectivity index (χ0) is 22.6. The molecule has 0 spiro atoms. The molecule has 1 saturated carbocycles. The minimum Gasteiger partial charge on any atom is -0.449 e. The Labute approximate surface area is 189 Å². The van der Waals surface area contributed by atoms with E-state index in [-0.39, 0.29) is 27.4 Å². The molecule has 2 fully saturated rings. The molecule has 3 rings (SSSR count). The van der Waals surface area contributed by atoms with Crippen molar-refractivity contribution in [2.75, 3.05) is 13.1 Å². The number of esters is 1. The molecule has 31 heavy (non-hydrogen) atoms. The summed E-state index contributed by atoms with van der Waals surface area (Å²) in [5.41, 5.74) is 0.0469. The van der Waals surface area contributed by atoms with Crippen LogP contribution in [-0.4, -0.2) is 49.8 Å². The van der Waals surface area contributed by atoms with Crippen molar-refractivity contribution in [3.63, 3.8) is 0 Å². The third-order valence-corrected chi connectivity index (χ3v) is 8.57. The van der Waals surface area contributed by atoms with Gasteiger partial charge in [0.2, 0.25) is 10.0 Å². The van der Waals surface area contributed by atoms with Crippen molar-refractivity contribution in [2.24, 2.45) is 5.92 Å². The average molecular weight is 471 g/mol. The Hall–Kier alpha value is -1.64. The summed E-state index contributed by atoms with van der Waals surface area (Å²) >= 11 is 6.16. The Bertz CT molecular complexity index is 914. The predicted octanol–water partition coefficient (Wildman–Crippen LogP) is 3.75. The van der Waals surface area contributed by atoms with Gasteiger partial charge in [0.1, 0.15) is 4.90 Å². The number of hydrogen-bond acceptors (Lipinski definition) is 5. The molecule has 7 nitrogen and oxygen atoms in total. The number of carbonyl (C=O) groups is 2. The van der Waals surface area contributed by atoms with Crippen LogP contribution in [0.4, 0.5) is 0 Å². The molecule has 3 unspecified atom stereocenters. The molecule has 1 aliphatic heterocycles. The van der Waals surface area contributed by atoms with E-state index in [0.717, 1.165) is 44.9 Å². The average Bonchev–Trinajstić information content (AvgIpc) is 2.76. The van der Waals surface area contributed by atoms with Gasteiger partial charge in [0.25, 0.3) is 5.91 Å². The van der Waals surface area contributed by atoms with Crippen LogP contribution in [0.15, 0.2) is 23.1 Å². The lowest BCUT2D eigenvalue weighted by Crippen LogP contribution is -2.46. The van der Waals surface area contributed by atoms with Gasteiger partial charge in [-0.15, -0.1) is 0 Å². The third-order valence-electron chi connectivity index (χ3n) is 6.19. The third kappa shape index (κ3) is 5.79. The van der Waals surface area contributed by atoms with Gasteiger partial charge >= 0.3 is 5.97 Å². The smallest absolute Gasteiger partial charge is 0.338 e. The highest BCUT2D eigenvalue weighted by atomic mass is 35.5. The molecule has 1 N–H and O–H groups in total. The summed E-state index contributed by atoms with van der Waals surface area (Å²) in [7, 11) is -3.80. The van der Waals surface area contributed by atoms with Gasteiger partial charge in [-0.1, -0.05) is 37.8 Å². The predicted molar refractivity (Wildman–Crippen MR) is 119 cm³/mol. The van der Waals surface area contributed by atoms with Crippen LogP contribution in [0.3, 0.4) is 0 Å². The Kier molecular flexibility index (Phi) is 7.99. The van der Waals surface area contributed by atoms with Crippen molar-refractivity contribution >= 4 is 33.5 Å². The Morgan fingerprint density at radius 2 is 1.81 bits per heavy atom. The van der Waals surface area contributed by atoms with E-state index in [1.54, 1.807) is 0 Å². The van der Waals surface area contributed by atoms with Gasteiger partial charge in [-0.3, -0.25) is 4.79 Å². The van der Waals surface area contributed by atoms with E-state index in [1.807, 2.05) is 0 Å². The first-order valence-corrected chi connectivity index (χ1v) is 12.8. The molecule has 1 aromatic carbocycles. The number of amides is 1. The SMILES string of the molecule is CC(OC(=O)c1ccc(Cl)c(S(=O)(=O)N2CCCCC2)c1)C(=O)NC1CCCCC1C. The first kappa shape index (κ1) is 24.0. The van der Waals surface area contributed by atoms with Crippen LogP contribution >= 0.6 is 11.6 Å². The number of nitrogens with zero attached hydrogens (tertiary/aromatic N) is 1. The highest BCUT2D eigenvalue weighted by Gasteiger charge is 2.30. The maximum absolute atomic E-state index is 13.0. The van der Waals surface area contributed by atoms with Gasteiger partial charge in [0.05, 0.1) is 10.6 Å².